The second kappa shape index (κ2) is 10.4. The maximum atomic E-state index is 12.5. The van der Waals surface area contributed by atoms with E-state index in [4.69, 9.17) is 9.84 Å². The highest BCUT2D eigenvalue weighted by Crippen LogP contribution is 2.44. The number of carboxylic acids is 1. The summed E-state index contributed by atoms with van der Waals surface area (Å²) in [4.78, 5) is 35.4. The Kier molecular flexibility index (Phi) is 7.08. The number of carboxylic acid groups (broad SMARTS) is 1. The first-order chi connectivity index (χ1) is 16.4. The Bertz CT molecular complexity index is 1240. The van der Waals surface area contributed by atoms with Crippen LogP contribution in [0, 0.1) is 0 Å². The average Bonchev–Trinajstić information content (AvgIpc) is 3.13. The van der Waals surface area contributed by atoms with Gasteiger partial charge in [-0.05, 0) is 40.5 Å². The Hall–Kier alpha value is -3.91. The van der Waals surface area contributed by atoms with Crippen LogP contribution in [0.3, 0.4) is 0 Å². The molecule has 0 atom stereocenters. The molecule has 3 aromatic rings. The van der Waals surface area contributed by atoms with Crippen molar-refractivity contribution < 1.29 is 24.2 Å². The number of anilines is 1. The molecule has 3 aromatic carbocycles. The smallest absolute Gasteiger partial charge is 0.411 e. The Morgan fingerprint density at radius 2 is 1.62 bits per heavy atom. The summed E-state index contributed by atoms with van der Waals surface area (Å²) in [5.74, 6) is -1.56. The van der Waals surface area contributed by atoms with E-state index < -0.39 is 18.0 Å². The molecule has 3 N–H and O–H groups in total. The summed E-state index contributed by atoms with van der Waals surface area (Å²) in [5, 5.41) is 13.9. The van der Waals surface area contributed by atoms with Gasteiger partial charge in [-0.3, -0.25) is 10.1 Å². The molecule has 7 nitrogen and oxygen atoms in total. The van der Waals surface area contributed by atoms with Crippen LogP contribution in [0.2, 0.25) is 0 Å². The summed E-state index contributed by atoms with van der Waals surface area (Å²) in [6.45, 7) is 0.240. The van der Waals surface area contributed by atoms with Crippen molar-refractivity contribution in [3.05, 3.63) is 100 Å². The molecule has 2 amide bonds. The van der Waals surface area contributed by atoms with E-state index in [1.807, 2.05) is 36.4 Å². The molecule has 0 saturated heterocycles. The number of hydrogen-bond donors (Lipinski definition) is 3. The number of carbonyl (C=O) groups is 3. The first-order valence-corrected chi connectivity index (χ1v) is 11.3. The molecule has 4 rings (SSSR count). The molecule has 0 aromatic heterocycles. The Labute approximate surface area is 204 Å². The van der Waals surface area contributed by atoms with Crippen LogP contribution in [0.25, 0.3) is 11.1 Å². The van der Waals surface area contributed by atoms with Gasteiger partial charge in [0, 0.05) is 34.3 Å². The Morgan fingerprint density at radius 1 is 0.971 bits per heavy atom. The van der Waals surface area contributed by atoms with Crippen LogP contribution in [0.4, 0.5) is 10.5 Å². The van der Waals surface area contributed by atoms with E-state index in [1.165, 1.54) is 12.1 Å². The second-order valence-electron chi connectivity index (χ2n) is 7.63. The zero-order valence-corrected chi connectivity index (χ0v) is 19.5. The molecular weight excluding hydrogens is 500 g/mol. The Morgan fingerprint density at radius 3 is 2.26 bits per heavy atom. The second-order valence-corrected chi connectivity index (χ2v) is 8.55. The molecule has 0 unspecified atom stereocenters. The topological polar surface area (TPSA) is 105 Å². The fourth-order valence-electron chi connectivity index (χ4n) is 3.96. The van der Waals surface area contributed by atoms with E-state index in [-0.39, 0.29) is 19.1 Å². The number of carbonyl (C=O) groups excluding carboxylic acids is 2. The number of halogens is 1. The number of rotatable bonds is 7. The minimum Gasteiger partial charge on any atom is -0.478 e. The molecule has 8 heteroatoms. The van der Waals surface area contributed by atoms with Crippen LogP contribution >= 0.6 is 15.9 Å². The van der Waals surface area contributed by atoms with Crippen LogP contribution < -0.4 is 10.6 Å². The van der Waals surface area contributed by atoms with Crippen LogP contribution in [-0.2, 0) is 9.53 Å². The van der Waals surface area contributed by atoms with E-state index >= 15 is 0 Å². The van der Waals surface area contributed by atoms with E-state index in [1.54, 1.807) is 12.1 Å². The fourth-order valence-corrected chi connectivity index (χ4v) is 4.45. The summed E-state index contributed by atoms with van der Waals surface area (Å²) >= 11 is 3.34. The summed E-state index contributed by atoms with van der Waals surface area (Å²) in [6, 6.07) is 20.9. The van der Waals surface area contributed by atoms with Crippen molar-refractivity contribution in [2.75, 3.05) is 18.5 Å². The van der Waals surface area contributed by atoms with Crippen molar-refractivity contribution in [3.8, 4) is 11.1 Å². The highest BCUT2D eigenvalue weighted by atomic mass is 79.9. The van der Waals surface area contributed by atoms with Gasteiger partial charge in [0.25, 0.3) is 5.91 Å². The van der Waals surface area contributed by atoms with Gasteiger partial charge in [0.1, 0.15) is 6.61 Å². The minimum atomic E-state index is -1.09. The zero-order chi connectivity index (χ0) is 24.1. The van der Waals surface area contributed by atoms with Gasteiger partial charge < -0.3 is 15.2 Å². The van der Waals surface area contributed by atoms with Crippen molar-refractivity contribution in [1.82, 2.24) is 5.32 Å². The fraction of sp³-hybridized carbons (Fsp3) is 0.115. The molecule has 0 radical (unpaired) electrons. The normalized spacial score (nSPS) is 12.1. The van der Waals surface area contributed by atoms with Crippen molar-refractivity contribution in [2.24, 2.45) is 0 Å². The van der Waals surface area contributed by atoms with Gasteiger partial charge in [-0.15, -0.1) is 0 Å². The van der Waals surface area contributed by atoms with Gasteiger partial charge >= 0.3 is 12.1 Å². The maximum absolute atomic E-state index is 12.5. The lowest BCUT2D eigenvalue weighted by molar-refractivity contribution is -0.131. The minimum absolute atomic E-state index is 0.0548. The third kappa shape index (κ3) is 5.35. The first kappa shape index (κ1) is 23.3. The number of nitrogens with one attached hydrogen (secondary N) is 2. The van der Waals surface area contributed by atoms with Crippen LogP contribution in [0.5, 0.6) is 0 Å². The number of hydrogen-bond acceptors (Lipinski definition) is 4. The molecule has 34 heavy (non-hydrogen) atoms. The number of aliphatic carboxylic acids is 1. The van der Waals surface area contributed by atoms with Gasteiger partial charge in [0.2, 0.25) is 0 Å². The van der Waals surface area contributed by atoms with E-state index in [0.717, 1.165) is 28.3 Å². The molecule has 1 aliphatic carbocycles. The predicted molar refractivity (Wildman–Crippen MR) is 132 cm³/mol. The van der Waals surface area contributed by atoms with Crippen molar-refractivity contribution in [3.63, 3.8) is 0 Å². The highest BCUT2D eigenvalue weighted by Gasteiger charge is 2.29. The monoisotopic (exact) mass is 520 g/mol. The number of ether oxygens (including phenoxy) is 1. The molecule has 0 heterocycles. The van der Waals surface area contributed by atoms with E-state index in [2.05, 4.69) is 38.7 Å². The van der Waals surface area contributed by atoms with Crippen molar-refractivity contribution in [1.29, 1.82) is 0 Å². The first-order valence-electron chi connectivity index (χ1n) is 10.5. The third-order valence-corrected chi connectivity index (χ3v) is 5.85. The molecule has 0 fully saturated rings. The summed E-state index contributed by atoms with van der Waals surface area (Å²) < 4.78 is 6.15. The number of fused-ring (bicyclic) bond motifs is 3. The lowest BCUT2D eigenvalue weighted by atomic mass is 9.98. The molecular formula is C26H21BrN2O5. The molecule has 0 spiro atoms. The van der Waals surface area contributed by atoms with Crippen molar-refractivity contribution in [2.45, 2.75) is 5.92 Å². The van der Waals surface area contributed by atoms with Gasteiger partial charge in [-0.1, -0.05) is 70.5 Å². The lowest BCUT2D eigenvalue weighted by Crippen LogP contribution is -2.24. The SMILES string of the molecule is O=C(O)/C=C/CNC(=O)c1cc(Br)cc(NC(=O)OCC2c3ccccc3-c3ccccc32)c1. The van der Waals surface area contributed by atoms with Crippen LogP contribution in [-0.4, -0.2) is 36.2 Å². The number of amides is 2. The van der Waals surface area contributed by atoms with Gasteiger partial charge in [0.05, 0.1) is 0 Å². The molecule has 1 aliphatic rings. The van der Waals surface area contributed by atoms with Gasteiger partial charge in [-0.2, -0.15) is 0 Å². The molecule has 172 valence electrons. The highest BCUT2D eigenvalue weighted by molar-refractivity contribution is 9.10. The molecule has 0 bridgehead atoms. The predicted octanol–water partition coefficient (Wildman–Crippen LogP) is 5.18. The summed E-state index contributed by atoms with van der Waals surface area (Å²) in [7, 11) is 0. The third-order valence-electron chi connectivity index (χ3n) is 5.39. The van der Waals surface area contributed by atoms with Gasteiger partial charge in [-0.25, -0.2) is 9.59 Å². The zero-order valence-electron chi connectivity index (χ0n) is 18.0. The quantitative estimate of drug-likeness (QED) is 0.372. The van der Waals surface area contributed by atoms with Crippen LogP contribution in [0.15, 0.2) is 83.4 Å². The summed E-state index contributed by atoms with van der Waals surface area (Å²) in [5.41, 5.74) is 5.22. The Balaban J connectivity index is 1.40. The molecule has 0 saturated carbocycles. The van der Waals surface area contributed by atoms with E-state index in [0.29, 0.717) is 15.7 Å². The number of benzene rings is 3. The van der Waals surface area contributed by atoms with Gasteiger partial charge in [0.15, 0.2) is 0 Å². The maximum Gasteiger partial charge on any atom is 0.411 e. The summed E-state index contributed by atoms with van der Waals surface area (Å²) in [6.07, 6.45) is 1.65. The largest absolute Gasteiger partial charge is 0.478 e. The molecule has 0 aliphatic heterocycles. The lowest BCUT2D eigenvalue weighted by Gasteiger charge is -2.15. The van der Waals surface area contributed by atoms with E-state index in [9.17, 15) is 14.4 Å². The average molecular weight is 521 g/mol. The standard InChI is InChI=1S/C26H21BrN2O5/c27-17-12-16(25(32)28-11-5-10-24(30)31)13-18(14-17)29-26(33)34-15-23-21-8-3-1-6-19(21)20-7-2-4-9-22(20)23/h1-10,12-14,23H,11,15H2,(H,28,32)(H,29,33)(H,30,31)/b10-5+. The van der Waals surface area contributed by atoms with Crippen molar-refractivity contribution >= 4 is 39.6 Å². The van der Waals surface area contributed by atoms with Crippen LogP contribution in [0.1, 0.15) is 27.4 Å².